The molecule has 0 bridgehead atoms. The summed E-state index contributed by atoms with van der Waals surface area (Å²) in [5.74, 6) is -0.368. The number of nitrogens with two attached hydrogens (primary N) is 1. The van der Waals surface area contributed by atoms with Crippen LogP contribution >= 0.6 is 11.6 Å². The van der Waals surface area contributed by atoms with Gasteiger partial charge in [-0.05, 0) is 24.1 Å². The van der Waals surface area contributed by atoms with Gasteiger partial charge in [0.25, 0.3) is 0 Å². The maximum Gasteiger partial charge on any atom is 0.124 e. The largest absolute Gasteiger partial charge is 0.396 e. The molecule has 0 aliphatic rings. The minimum atomic E-state index is -0.403. The Bertz CT molecular complexity index is 345. The first-order chi connectivity index (χ1) is 7.03. The molecule has 0 saturated heterocycles. The Labute approximate surface area is 93.9 Å². The van der Waals surface area contributed by atoms with Crippen molar-refractivity contribution in [2.75, 3.05) is 13.2 Å². The predicted octanol–water partition coefficient (Wildman–Crippen LogP) is 2.08. The maximum absolute atomic E-state index is 12.9. The molecule has 1 rings (SSSR count). The van der Waals surface area contributed by atoms with E-state index < -0.39 is 5.41 Å². The van der Waals surface area contributed by atoms with E-state index >= 15 is 0 Å². The molecular formula is C11H15ClFNO. The highest BCUT2D eigenvalue weighted by atomic mass is 35.5. The molecule has 0 amide bonds. The number of aliphatic hydroxyl groups is 1. The van der Waals surface area contributed by atoms with Crippen molar-refractivity contribution < 1.29 is 9.50 Å². The number of rotatable bonds is 4. The molecule has 3 N–H and O–H groups in total. The first-order valence-corrected chi connectivity index (χ1v) is 5.18. The third kappa shape index (κ3) is 2.68. The van der Waals surface area contributed by atoms with Crippen LogP contribution in [0.4, 0.5) is 4.39 Å². The van der Waals surface area contributed by atoms with Crippen molar-refractivity contribution in [1.82, 2.24) is 0 Å². The first-order valence-electron chi connectivity index (χ1n) is 4.80. The highest BCUT2D eigenvalue weighted by Gasteiger charge is 2.26. The van der Waals surface area contributed by atoms with Crippen molar-refractivity contribution in [2.24, 2.45) is 5.73 Å². The van der Waals surface area contributed by atoms with Crippen LogP contribution in [0, 0.1) is 5.82 Å². The average Bonchev–Trinajstić information content (AvgIpc) is 2.17. The third-order valence-electron chi connectivity index (χ3n) is 2.70. The zero-order chi connectivity index (χ0) is 11.5. The molecule has 0 radical (unpaired) electrons. The molecule has 1 unspecified atom stereocenters. The minimum Gasteiger partial charge on any atom is -0.396 e. The fourth-order valence-electron chi connectivity index (χ4n) is 1.57. The van der Waals surface area contributed by atoms with Crippen LogP contribution in [0.2, 0.25) is 5.02 Å². The predicted molar refractivity (Wildman–Crippen MR) is 59.5 cm³/mol. The van der Waals surface area contributed by atoms with Gasteiger partial charge in [-0.15, -0.1) is 0 Å². The van der Waals surface area contributed by atoms with E-state index in [2.05, 4.69) is 0 Å². The van der Waals surface area contributed by atoms with Gasteiger partial charge in [-0.1, -0.05) is 24.6 Å². The summed E-state index contributed by atoms with van der Waals surface area (Å²) in [4.78, 5) is 0. The van der Waals surface area contributed by atoms with Crippen LogP contribution in [-0.4, -0.2) is 18.3 Å². The van der Waals surface area contributed by atoms with Gasteiger partial charge in [-0.2, -0.15) is 0 Å². The lowest BCUT2D eigenvalue weighted by Gasteiger charge is -2.28. The molecule has 1 aromatic rings. The van der Waals surface area contributed by atoms with Gasteiger partial charge >= 0.3 is 0 Å². The van der Waals surface area contributed by atoms with Crippen LogP contribution in [0.25, 0.3) is 0 Å². The third-order valence-corrected chi connectivity index (χ3v) is 3.01. The van der Waals surface area contributed by atoms with E-state index in [1.165, 1.54) is 12.1 Å². The lowest BCUT2D eigenvalue weighted by molar-refractivity contribution is 0.247. The minimum absolute atomic E-state index is 0.0292. The summed E-state index contributed by atoms with van der Waals surface area (Å²) >= 11 is 5.95. The van der Waals surface area contributed by atoms with E-state index in [1.807, 2.05) is 6.92 Å². The second-order valence-electron chi connectivity index (χ2n) is 3.86. The van der Waals surface area contributed by atoms with Gasteiger partial charge in [0, 0.05) is 23.6 Å². The average molecular weight is 232 g/mol. The normalized spacial score (nSPS) is 15.0. The summed E-state index contributed by atoms with van der Waals surface area (Å²) in [7, 11) is 0. The molecule has 1 atom stereocenters. The van der Waals surface area contributed by atoms with Gasteiger partial charge in [0.05, 0.1) is 0 Å². The zero-order valence-electron chi connectivity index (χ0n) is 8.63. The van der Waals surface area contributed by atoms with E-state index in [9.17, 15) is 4.39 Å². The van der Waals surface area contributed by atoms with Crippen LogP contribution in [0.3, 0.4) is 0 Å². The number of halogens is 2. The van der Waals surface area contributed by atoms with Gasteiger partial charge in [-0.25, -0.2) is 4.39 Å². The Morgan fingerprint density at radius 2 is 2.20 bits per heavy atom. The number of aliphatic hydroxyl groups excluding tert-OH is 1. The monoisotopic (exact) mass is 231 g/mol. The van der Waals surface area contributed by atoms with Gasteiger partial charge in [0.1, 0.15) is 5.82 Å². The van der Waals surface area contributed by atoms with Crippen LogP contribution in [0.5, 0.6) is 0 Å². The number of hydrogen-bond acceptors (Lipinski definition) is 2. The molecule has 15 heavy (non-hydrogen) atoms. The van der Waals surface area contributed by atoms with E-state index in [0.717, 1.165) is 5.56 Å². The summed E-state index contributed by atoms with van der Waals surface area (Å²) in [6, 6.07) is 4.24. The molecule has 0 saturated carbocycles. The van der Waals surface area contributed by atoms with Crippen molar-refractivity contribution >= 4 is 11.6 Å². The number of benzene rings is 1. The standard InChI is InChI=1S/C11H15ClFNO/c1-11(7-14,4-5-15)9-3-2-8(13)6-10(9)12/h2-3,6,15H,4-5,7,14H2,1H3. The van der Waals surface area contributed by atoms with Crippen LogP contribution in [-0.2, 0) is 5.41 Å². The van der Waals surface area contributed by atoms with Crippen LogP contribution < -0.4 is 5.73 Å². The van der Waals surface area contributed by atoms with Crippen molar-refractivity contribution in [3.8, 4) is 0 Å². The van der Waals surface area contributed by atoms with Crippen LogP contribution in [0.15, 0.2) is 18.2 Å². The van der Waals surface area contributed by atoms with Crippen molar-refractivity contribution in [2.45, 2.75) is 18.8 Å². The van der Waals surface area contributed by atoms with Gasteiger partial charge in [0.15, 0.2) is 0 Å². The Kier molecular flexibility index (Phi) is 4.08. The summed E-state index contributed by atoms with van der Waals surface area (Å²) in [5, 5.41) is 9.32. The Hall–Kier alpha value is -0.640. The summed E-state index contributed by atoms with van der Waals surface area (Å²) in [6.07, 6.45) is 0.509. The lowest BCUT2D eigenvalue weighted by Crippen LogP contribution is -2.33. The smallest absolute Gasteiger partial charge is 0.124 e. The Balaban J connectivity index is 3.12. The molecule has 0 aliphatic heterocycles. The summed E-state index contributed by atoms with van der Waals surface area (Å²) in [6.45, 7) is 2.29. The van der Waals surface area contributed by atoms with Crippen molar-refractivity contribution in [1.29, 1.82) is 0 Å². The van der Waals surface area contributed by atoms with Gasteiger partial charge in [0.2, 0.25) is 0 Å². The quantitative estimate of drug-likeness (QED) is 0.834. The van der Waals surface area contributed by atoms with Crippen molar-refractivity contribution in [3.63, 3.8) is 0 Å². The maximum atomic E-state index is 12.9. The molecule has 0 fully saturated rings. The first kappa shape index (κ1) is 12.4. The van der Waals surface area contributed by atoms with E-state index in [-0.39, 0.29) is 12.4 Å². The highest BCUT2D eigenvalue weighted by molar-refractivity contribution is 6.31. The second kappa shape index (κ2) is 4.92. The highest BCUT2D eigenvalue weighted by Crippen LogP contribution is 2.32. The fourth-order valence-corrected chi connectivity index (χ4v) is 1.97. The molecule has 4 heteroatoms. The van der Waals surface area contributed by atoms with Crippen LogP contribution in [0.1, 0.15) is 18.9 Å². The Morgan fingerprint density at radius 3 is 2.67 bits per heavy atom. The molecule has 0 aliphatic carbocycles. The van der Waals surface area contributed by atoms with Gasteiger partial charge in [-0.3, -0.25) is 0 Å². The number of hydrogen-bond donors (Lipinski definition) is 2. The topological polar surface area (TPSA) is 46.2 Å². The van der Waals surface area contributed by atoms with Crippen molar-refractivity contribution in [3.05, 3.63) is 34.6 Å². The SMILES string of the molecule is CC(CN)(CCO)c1ccc(F)cc1Cl. The molecule has 0 aromatic heterocycles. The van der Waals surface area contributed by atoms with E-state index in [4.69, 9.17) is 22.4 Å². The Morgan fingerprint density at radius 1 is 1.53 bits per heavy atom. The van der Waals surface area contributed by atoms with Gasteiger partial charge < -0.3 is 10.8 Å². The fraction of sp³-hybridized carbons (Fsp3) is 0.455. The molecule has 0 heterocycles. The zero-order valence-corrected chi connectivity index (χ0v) is 9.39. The molecule has 1 aromatic carbocycles. The molecule has 84 valence electrons. The summed E-state index contributed by atoms with van der Waals surface area (Å²) in [5.41, 5.74) is 6.05. The van der Waals surface area contributed by atoms with E-state index in [0.29, 0.717) is 18.0 Å². The molecular weight excluding hydrogens is 217 g/mol. The second-order valence-corrected chi connectivity index (χ2v) is 4.27. The lowest BCUT2D eigenvalue weighted by atomic mass is 9.80. The van der Waals surface area contributed by atoms with E-state index in [1.54, 1.807) is 6.07 Å². The molecule has 2 nitrogen and oxygen atoms in total. The molecule has 0 spiro atoms. The summed E-state index contributed by atoms with van der Waals surface area (Å²) < 4.78 is 12.9.